The van der Waals surface area contributed by atoms with Gasteiger partial charge in [0.15, 0.2) is 0 Å². The lowest BCUT2D eigenvalue weighted by Gasteiger charge is -2.14. The number of amides is 1. The molecule has 0 bridgehead atoms. The number of H-pyrrole nitrogens is 1. The van der Waals surface area contributed by atoms with E-state index >= 15 is 0 Å². The second kappa shape index (κ2) is 5.12. The minimum absolute atomic E-state index is 0.0179. The molecule has 5 nitrogen and oxygen atoms in total. The highest BCUT2D eigenvalue weighted by atomic mass is 16.2. The molecular weight excluding hydrogens is 206 g/mol. The number of nitrogens with one attached hydrogen (secondary N) is 2. The van der Waals surface area contributed by atoms with Gasteiger partial charge in [0.1, 0.15) is 11.7 Å². The van der Waals surface area contributed by atoms with E-state index in [1.165, 1.54) is 18.2 Å². The summed E-state index contributed by atoms with van der Waals surface area (Å²) in [6.45, 7) is 3.67. The summed E-state index contributed by atoms with van der Waals surface area (Å²) in [5, 5.41) is 11.3. The maximum Gasteiger partial charge on any atom is 0.268 e. The van der Waals surface area contributed by atoms with Crippen LogP contribution in [0.3, 0.4) is 0 Å². The van der Waals surface area contributed by atoms with E-state index in [0.717, 1.165) is 0 Å². The summed E-state index contributed by atoms with van der Waals surface area (Å²) in [5.74, 6) is -0.428. The number of hydrogen-bond donors (Lipinski definition) is 2. The van der Waals surface area contributed by atoms with Crippen LogP contribution in [-0.4, -0.2) is 16.9 Å². The standard InChI is InChI=1S/C11H13N3O2/c1-7(2)9(6-12)14-11(16)8-4-3-5-10(15)13-8/h3-5,7,9H,1-2H3,(H,13,15)(H,14,16). The van der Waals surface area contributed by atoms with E-state index < -0.39 is 11.9 Å². The molecule has 2 N–H and O–H groups in total. The fourth-order valence-electron chi connectivity index (χ4n) is 1.15. The molecule has 16 heavy (non-hydrogen) atoms. The molecule has 0 aliphatic rings. The van der Waals surface area contributed by atoms with Gasteiger partial charge in [0.2, 0.25) is 5.56 Å². The van der Waals surface area contributed by atoms with E-state index in [0.29, 0.717) is 0 Å². The molecule has 1 amide bonds. The lowest BCUT2D eigenvalue weighted by atomic mass is 10.1. The Morgan fingerprint density at radius 1 is 1.50 bits per heavy atom. The van der Waals surface area contributed by atoms with E-state index in [1.54, 1.807) is 0 Å². The molecule has 0 radical (unpaired) electrons. The van der Waals surface area contributed by atoms with E-state index in [4.69, 9.17) is 5.26 Å². The van der Waals surface area contributed by atoms with Crippen LogP contribution >= 0.6 is 0 Å². The van der Waals surface area contributed by atoms with E-state index in [1.807, 2.05) is 19.9 Å². The van der Waals surface area contributed by atoms with E-state index in [2.05, 4.69) is 10.3 Å². The molecule has 0 aliphatic heterocycles. The summed E-state index contributed by atoms with van der Waals surface area (Å²) in [6, 6.07) is 5.74. The van der Waals surface area contributed by atoms with Gasteiger partial charge in [-0.2, -0.15) is 5.26 Å². The zero-order valence-corrected chi connectivity index (χ0v) is 9.15. The Labute approximate surface area is 93.1 Å². The summed E-state index contributed by atoms with van der Waals surface area (Å²) in [5.41, 5.74) is -0.181. The smallest absolute Gasteiger partial charge is 0.268 e. The molecule has 0 aliphatic carbocycles. The fourth-order valence-corrected chi connectivity index (χ4v) is 1.15. The first-order chi connectivity index (χ1) is 7.54. The van der Waals surface area contributed by atoms with Gasteiger partial charge in [0.25, 0.3) is 5.91 Å². The monoisotopic (exact) mass is 219 g/mol. The summed E-state index contributed by atoms with van der Waals surface area (Å²) >= 11 is 0. The topological polar surface area (TPSA) is 85.8 Å². The zero-order valence-electron chi connectivity index (χ0n) is 9.15. The maximum atomic E-state index is 11.6. The molecule has 1 heterocycles. The number of nitriles is 1. The second-order valence-electron chi connectivity index (χ2n) is 3.75. The minimum Gasteiger partial charge on any atom is -0.335 e. The number of hydrogen-bond acceptors (Lipinski definition) is 3. The van der Waals surface area contributed by atoms with Crippen LogP contribution in [0.15, 0.2) is 23.0 Å². The highest BCUT2D eigenvalue weighted by Gasteiger charge is 2.16. The van der Waals surface area contributed by atoms with Crippen molar-refractivity contribution >= 4 is 5.91 Å². The van der Waals surface area contributed by atoms with Crippen LogP contribution < -0.4 is 10.9 Å². The van der Waals surface area contributed by atoms with Crippen LogP contribution in [0.25, 0.3) is 0 Å². The van der Waals surface area contributed by atoms with Crippen molar-refractivity contribution in [2.75, 3.05) is 0 Å². The molecule has 0 fully saturated rings. The lowest BCUT2D eigenvalue weighted by Crippen LogP contribution is -2.38. The molecule has 1 unspecified atom stereocenters. The zero-order chi connectivity index (χ0) is 12.1. The fraction of sp³-hybridized carbons (Fsp3) is 0.364. The van der Waals surface area contributed by atoms with Crippen LogP contribution in [0.1, 0.15) is 24.3 Å². The normalized spacial score (nSPS) is 11.9. The second-order valence-corrected chi connectivity index (χ2v) is 3.75. The van der Waals surface area contributed by atoms with Crippen molar-refractivity contribution < 1.29 is 4.79 Å². The van der Waals surface area contributed by atoms with Crippen molar-refractivity contribution in [2.45, 2.75) is 19.9 Å². The molecule has 0 aromatic carbocycles. The van der Waals surface area contributed by atoms with Crippen molar-refractivity contribution in [1.29, 1.82) is 5.26 Å². The largest absolute Gasteiger partial charge is 0.335 e. The third-order valence-electron chi connectivity index (χ3n) is 2.11. The Bertz CT molecular complexity index is 471. The quantitative estimate of drug-likeness (QED) is 0.782. The van der Waals surface area contributed by atoms with Crippen molar-refractivity contribution in [3.8, 4) is 6.07 Å². The Morgan fingerprint density at radius 3 is 2.69 bits per heavy atom. The predicted molar refractivity (Wildman–Crippen MR) is 58.8 cm³/mol. The van der Waals surface area contributed by atoms with Crippen molar-refractivity contribution in [3.05, 3.63) is 34.2 Å². The van der Waals surface area contributed by atoms with Crippen LogP contribution in [0.2, 0.25) is 0 Å². The van der Waals surface area contributed by atoms with E-state index in [-0.39, 0.29) is 17.2 Å². The lowest BCUT2D eigenvalue weighted by molar-refractivity contribution is 0.0932. The van der Waals surface area contributed by atoms with Crippen LogP contribution in [0.5, 0.6) is 0 Å². The van der Waals surface area contributed by atoms with Gasteiger partial charge < -0.3 is 10.3 Å². The van der Waals surface area contributed by atoms with Crippen molar-refractivity contribution in [3.63, 3.8) is 0 Å². The first-order valence-electron chi connectivity index (χ1n) is 4.94. The summed E-state index contributed by atoms with van der Waals surface area (Å²) in [4.78, 5) is 25.0. The van der Waals surface area contributed by atoms with Gasteiger partial charge in [-0.3, -0.25) is 9.59 Å². The van der Waals surface area contributed by atoms with Gasteiger partial charge in [-0.15, -0.1) is 0 Å². The molecule has 1 atom stereocenters. The molecule has 0 saturated heterocycles. The number of aromatic nitrogens is 1. The first-order valence-corrected chi connectivity index (χ1v) is 4.94. The number of pyridine rings is 1. The van der Waals surface area contributed by atoms with Gasteiger partial charge in [-0.25, -0.2) is 0 Å². The number of carbonyl (C=O) groups is 1. The summed E-state index contributed by atoms with van der Waals surface area (Å²) < 4.78 is 0. The Balaban J connectivity index is 2.81. The maximum absolute atomic E-state index is 11.6. The minimum atomic E-state index is -0.559. The van der Waals surface area contributed by atoms with Crippen molar-refractivity contribution in [1.82, 2.24) is 10.3 Å². The molecule has 0 spiro atoms. The van der Waals surface area contributed by atoms with Gasteiger partial charge in [0, 0.05) is 6.07 Å². The number of aromatic amines is 1. The van der Waals surface area contributed by atoms with Crippen LogP contribution in [0, 0.1) is 17.2 Å². The van der Waals surface area contributed by atoms with Gasteiger partial charge >= 0.3 is 0 Å². The SMILES string of the molecule is CC(C)C(C#N)NC(=O)c1cccc(=O)[nH]1. The number of carbonyl (C=O) groups excluding carboxylic acids is 1. The average Bonchev–Trinajstić information content (AvgIpc) is 2.25. The Kier molecular flexibility index (Phi) is 3.84. The van der Waals surface area contributed by atoms with E-state index in [9.17, 15) is 9.59 Å². The van der Waals surface area contributed by atoms with Gasteiger partial charge in [0.05, 0.1) is 6.07 Å². The molecule has 1 aromatic rings. The highest BCUT2D eigenvalue weighted by Crippen LogP contribution is 2.01. The molecule has 84 valence electrons. The third kappa shape index (κ3) is 2.95. The van der Waals surface area contributed by atoms with Crippen LogP contribution in [0.4, 0.5) is 0 Å². The number of nitrogens with zero attached hydrogens (tertiary/aromatic N) is 1. The Morgan fingerprint density at radius 2 is 2.19 bits per heavy atom. The molecule has 1 aromatic heterocycles. The summed E-state index contributed by atoms with van der Waals surface area (Å²) in [6.07, 6.45) is 0. The molecule has 5 heteroatoms. The Hall–Kier alpha value is -2.09. The van der Waals surface area contributed by atoms with Gasteiger partial charge in [-0.05, 0) is 12.0 Å². The first kappa shape index (κ1) is 12.0. The molecule has 1 rings (SSSR count). The predicted octanol–water partition coefficient (Wildman–Crippen LogP) is 0.653. The van der Waals surface area contributed by atoms with Gasteiger partial charge in [-0.1, -0.05) is 19.9 Å². The molecular formula is C11H13N3O2. The third-order valence-corrected chi connectivity index (χ3v) is 2.11. The van der Waals surface area contributed by atoms with Crippen molar-refractivity contribution in [2.24, 2.45) is 5.92 Å². The number of rotatable bonds is 3. The summed E-state index contributed by atoms with van der Waals surface area (Å²) in [7, 11) is 0. The van der Waals surface area contributed by atoms with Crippen LogP contribution in [-0.2, 0) is 0 Å². The highest BCUT2D eigenvalue weighted by molar-refractivity contribution is 5.92. The molecule has 0 saturated carbocycles. The average molecular weight is 219 g/mol.